The van der Waals surface area contributed by atoms with Crippen molar-refractivity contribution in [2.45, 2.75) is 12.5 Å². The minimum absolute atomic E-state index is 0.122. The Morgan fingerprint density at radius 3 is 2.76 bits per heavy atom. The predicted molar refractivity (Wildman–Crippen MR) is 106 cm³/mol. The van der Waals surface area contributed by atoms with Crippen LogP contribution in [0.15, 0.2) is 48.8 Å². The first kappa shape index (κ1) is 17.5. The quantitative estimate of drug-likeness (QED) is 0.516. The molecule has 1 atom stereocenters. The highest BCUT2D eigenvalue weighted by Gasteiger charge is 2.26. The molecule has 29 heavy (non-hydrogen) atoms. The van der Waals surface area contributed by atoms with Crippen LogP contribution in [0, 0.1) is 5.95 Å². The van der Waals surface area contributed by atoms with Crippen molar-refractivity contribution in [3.05, 3.63) is 54.7 Å². The lowest BCUT2D eigenvalue weighted by molar-refractivity contribution is 0.446. The van der Waals surface area contributed by atoms with Gasteiger partial charge in [-0.3, -0.25) is 0 Å². The summed E-state index contributed by atoms with van der Waals surface area (Å²) in [5.74, 6) is 0.294. The number of fused-ring (bicyclic) bond motifs is 1. The fourth-order valence-corrected chi connectivity index (χ4v) is 3.55. The molecule has 3 aromatic heterocycles. The lowest BCUT2D eigenvalue weighted by Crippen LogP contribution is -2.15. The van der Waals surface area contributed by atoms with E-state index in [-0.39, 0.29) is 23.3 Å². The van der Waals surface area contributed by atoms with Gasteiger partial charge in [-0.05, 0) is 31.2 Å². The lowest BCUT2D eigenvalue weighted by atomic mass is 10.1. The van der Waals surface area contributed by atoms with Crippen LogP contribution >= 0.6 is 0 Å². The maximum absolute atomic E-state index is 15.0. The Labute approximate surface area is 165 Å². The van der Waals surface area contributed by atoms with E-state index in [0.717, 1.165) is 19.5 Å². The Morgan fingerprint density at radius 2 is 2.00 bits per heavy atom. The number of nitrogens with one attached hydrogen (secondary N) is 1. The number of hydrogen-bond donors (Lipinski definition) is 2. The number of pyridine rings is 1. The minimum Gasteiger partial charge on any atom is -0.439 e. The van der Waals surface area contributed by atoms with Gasteiger partial charge in [-0.1, -0.05) is 18.2 Å². The molecule has 0 unspecified atom stereocenters. The third-order valence-corrected chi connectivity index (χ3v) is 4.94. The van der Waals surface area contributed by atoms with Gasteiger partial charge in [0.15, 0.2) is 5.65 Å². The van der Waals surface area contributed by atoms with Crippen LogP contribution in [0.4, 0.5) is 10.2 Å². The maximum atomic E-state index is 15.0. The fourth-order valence-electron chi connectivity index (χ4n) is 3.55. The van der Waals surface area contributed by atoms with E-state index in [0.29, 0.717) is 22.5 Å². The molecule has 8 nitrogen and oxygen atoms in total. The van der Waals surface area contributed by atoms with E-state index in [4.69, 9.17) is 10.5 Å². The van der Waals surface area contributed by atoms with E-state index in [9.17, 15) is 4.39 Å². The minimum atomic E-state index is -0.696. The molecule has 1 fully saturated rings. The monoisotopic (exact) mass is 391 g/mol. The van der Waals surface area contributed by atoms with Crippen LogP contribution in [0.2, 0.25) is 0 Å². The topological polar surface area (TPSA) is 104 Å². The summed E-state index contributed by atoms with van der Waals surface area (Å²) in [6.45, 7) is 1.66. The molecule has 5 rings (SSSR count). The molecule has 0 radical (unpaired) electrons. The summed E-state index contributed by atoms with van der Waals surface area (Å²) in [6.07, 6.45) is 2.30. The molecule has 0 saturated carbocycles. The van der Waals surface area contributed by atoms with Crippen LogP contribution in [0.5, 0.6) is 11.6 Å². The number of halogens is 1. The van der Waals surface area contributed by atoms with Gasteiger partial charge in [-0.15, -0.1) is 0 Å². The van der Waals surface area contributed by atoms with Crippen molar-refractivity contribution in [1.29, 1.82) is 0 Å². The standard InChI is InChI=1S/C20H18FN7O/c21-18-14(6-7-15(26-18)29-13-4-2-1-3-5-13)17-16-19(22)24-11-25-20(16)28(27-17)12-8-9-23-10-12/h1-7,11-12,23H,8-10H2,(H2,22,24,25)/t12-/m1/s1. The van der Waals surface area contributed by atoms with Crippen LogP contribution in [-0.4, -0.2) is 37.8 Å². The molecule has 0 amide bonds. The van der Waals surface area contributed by atoms with Crippen molar-refractivity contribution >= 4 is 16.9 Å². The van der Waals surface area contributed by atoms with Gasteiger partial charge in [-0.25, -0.2) is 14.6 Å². The van der Waals surface area contributed by atoms with Crippen LogP contribution in [0.1, 0.15) is 12.5 Å². The highest BCUT2D eigenvalue weighted by Crippen LogP contribution is 2.34. The molecule has 1 aliphatic rings. The second kappa shape index (κ2) is 7.10. The number of nitrogens with two attached hydrogens (primary N) is 1. The molecule has 1 aromatic carbocycles. The van der Waals surface area contributed by atoms with Crippen molar-refractivity contribution in [2.75, 3.05) is 18.8 Å². The molecule has 4 heterocycles. The highest BCUT2D eigenvalue weighted by atomic mass is 19.1. The normalized spacial score (nSPS) is 16.4. The van der Waals surface area contributed by atoms with E-state index in [1.165, 1.54) is 6.33 Å². The number of anilines is 1. The van der Waals surface area contributed by atoms with E-state index >= 15 is 0 Å². The lowest BCUT2D eigenvalue weighted by Gasteiger charge is -2.09. The fraction of sp³-hybridized carbons (Fsp3) is 0.200. The van der Waals surface area contributed by atoms with Crippen molar-refractivity contribution in [3.8, 4) is 22.9 Å². The first-order valence-corrected chi connectivity index (χ1v) is 9.30. The SMILES string of the molecule is Nc1ncnc2c1c(-c1ccc(Oc3ccccc3)nc1F)nn2[C@@H]1CCNC1. The zero-order chi connectivity index (χ0) is 19.8. The van der Waals surface area contributed by atoms with Gasteiger partial charge < -0.3 is 15.8 Å². The smallest absolute Gasteiger partial charge is 0.225 e. The molecular weight excluding hydrogens is 373 g/mol. The molecule has 3 N–H and O–H groups in total. The Kier molecular flexibility index (Phi) is 4.28. The molecule has 0 bridgehead atoms. The largest absolute Gasteiger partial charge is 0.439 e. The summed E-state index contributed by atoms with van der Waals surface area (Å²) >= 11 is 0. The van der Waals surface area contributed by atoms with Gasteiger partial charge in [0.1, 0.15) is 23.6 Å². The van der Waals surface area contributed by atoms with Crippen molar-refractivity contribution < 1.29 is 9.13 Å². The third-order valence-electron chi connectivity index (χ3n) is 4.94. The van der Waals surface area contributed by atoms with E-state index < -0.39 is 5.95 Å². The average Bonchev–Trinajstić information content (AvgIpc) is 3.37. The van der Waals surface area contributed by atoms with Crippen molar-refractivity contribution in [3.63, 3.8) is 0 Å². The average molecular weight is 391 g/mol. The summed E-state index contributed by atoms with van der Waals surface area (Å²) < 4.78 is 22.4. The first-order valence-electron chi connectivity index (χ1n) is 9.30. The number of nitrogen functional groups attached to an aromatic ring is 1. The van der Waals surface area contributed by atoms with E-state index in [1.54, 1.807) is 28.9 Å². The Balaban J connectivity index is 1.58. The molecule has 0 aliphatic carbocycles. The number of aromatic nitrogens is 5. The summed E-state index contributed by atoms with van der Waals surface area (Å²) in [6, 6.07) is 12.4. The molecule has 1 aliphatic heterocycles. The third kappa shape index (κ3) is 3.15. The molecule has 1 saturated heterocycles. The Bertz CT molecular complexity index is 1170. The van der Waals surface area contributed by atoms with Crippen LogP contribution in [0.3, 0.4) is 0 Å². The molecule has 0 spiro atoms. The van der Waals surface area contributed by atoms with E-state index in [1.807, 2.05) is 18.2 Å². The van der Waals surface area contributed by atoms with Gasteiger partial charge >= 0.3 is 0 Å². The van der Waals surface area contributed by atoms with Gasteiger partial charge in [-0.2, -0.15) is 14.5 Å². The van der Waals surface area contributed by atoms with Gasteiger partial charge in [0, 0.05) is 12.6 Å². The zero-order valence-corrected chi connectivity index (χ0v) is 15.4. The zero-order valence-electron chi connectivity index (χ0n) is 15.4. The number of hydrogen-bond acceptors (Lipinski definition) is 7. The van der Waals surface area contributed by atoms with Gasteiger partial charge in [0.05, 0.1) is 17.0 Å². The predicted octanol–water partition coefficient (Wildman–Crippen LogP) is 2.94. The Hall–Kier alpha value is -3.59. The maximum Gasteiger partial charge on any atom is 0.225 e. The Morgan fingerprint density at radius 1 is 1.14 bits per heavy atom. The number of para-hydroxylation sites is 1. The van der Waals surface area contributed by atoms with Gasteiger partial charge in [0.2, 0.25) is 11.8 Å². The second-order valence-corrected chi connectivity index (χ2v) is 6.80. The first-order chi connectivity index (χ1) is 14.2. The van der Waals surface area contributed by atoms with Crippen LogP contribution in [0.25, 0.3) is 22.3 Å². The summed E-state index contributed by atoms with van der Waals surface area (Å²) in [4.78, 5) is 12.4. The number of ether oxygens (including phenoxy) is 1. The van der Waals surface area contributed by atoms with E-state index in [2.05, 4.69) is 25.4 Å². The molecule has 146 valence electrons. The molecular formula is C20H18FN7O. The van der Waals surface area contributed by atoms with Crippen molar-refractivity contribution in [1.82, 2.24) is 30.0 Å². The number of nitrogens with zero attached hydrogens (tertiary/aromatic N) is 5. The van der Waals surface area contributed by atoms with Gasteiger partial charge in [0.25, 0.3) is 0 Å². The number of rotatable bonds is 4. The number of benzene rings is 1. The summed E-state index contributed by atoms with van der Waals surface area (Å²) in [5.41, 5.74) is 7.29. The molecule has 4 aromatic rings. The highest BCUT2D eigenvalue weighted by molar-refractivity contribution is 5.98. The van der Waals surface area contributed by atoms with Crippen LogP contribution in [-0.2, 0) is 0 Å². The molecule has 9 heteroatoms. The second-order valence-electron chi connectivity index (χ2n) is 6.80. The summed E-state index contributed by atoms with van der Waals surface area (Å²) in [5, 5.41) is 8.48. The van der Waals surface area contributed by atoms with Crippen molar-refractivity contribution in [2.24, 2.45) is 0 Å². The summed E-state index contributed by atoms with van der Waals surface area (Å²) in [7, 11) is 0. The van der Waals surface area contributed by atoms with Crippen LogP contribution < -0.4 is 15.8 Å².